The first-order chi connectivity index (χ1) is 28.1. The van der Waals surface area contributed by atoms with Crippen LogP contribution in [0.4, 0.5) is 11.4 Å². The van der Waals surface area contributed by atoms with E-state index in [1.54, 1.807) is 60.7 Å². The van der Waals surface area contributed by atoms with E-state index in [0.717, 1.165) is 78.5 Å². The number of nitrogens with zero attached hydrogens (tertiary/aromatic N) is 6. The Bertz CT molecular complexity index is 1550. The Morgan fingerprint density at radius 3 is 0.897 bits per heavy atom. The molecule has 3 aromatic rings. The molecule has 12 nitrogen and oxygen atoms in total. The average molecular weight is 799 g/mol. The lowest BCUT2D eigenvalue weighted by Crippen LogP contribution is -2.43. The molecule has 0 unspecified atom stereocenters. The van der Waals surface area contributed by atoms with Gasteiger partial charge in [-0.1, -0.05) is 79.7 Å². The van der Waals surface area contributed by atoms with E-state index in [9.17, 15) is 19.2 Å². The molecule has 318 valence electrons. The maximum atomic E-state index is 14.1. The second kappa shape index (κ2) is 25.7. The second-order valence-corrected chi connectivity index (χ2v) is 14.3. The minimum absolute atomic E-state index is 0.128. The number of carbonyl (C=O) groups is 4. The first-order valence-electron chi connectivity index (χ1n) is 21.5. The first kappa shape index (κ1) is 47.8. The number of likely N-dealkylation sites (N-methyl/N-ethyl adjacent to an activating group) is 4. The van der Waals surface area contributed by atoms with Crippen LogP contribution in [0.3, 0.4) is 0 Å². The molecule has 0 heterocycles. The fourth-order valence-electron chi connectivity index (χ4n) is 6.90. The number of benzene rings is 3. The van der Waals surface area contributed by atoms with Crippen LogP contribution < -0.4 is 10.6 Å². The van der Waals surface area contributed by atoms with Crippen LogP contribution in [-0.2, 0) is 0 Å². The van der Waals surface area contributed by atoms with Gasteiger partial charge < -0.3 is 40.0 Å². The van der Waals surface area contributed by atoms with E-state index in [2.05, 4.69) is 85.6 Å². The Balaban J connectivity index is 1.76. The highest BCUT2D eigenvalue weighted by atomic mass is 16.2. The summed E-state index contributed by atoms with van der Waals surface area (Å²) in [6.07, 6.45) is 0. The third-order valence-corrected chi connectivity index (χ3v) is 11.1. The summed E-state index contributed by atoms with van der Waals surface area (Å²) < 4.78 is 0. The van der Waals surface area contributed by atoms with E-state index >= 15 is 0 Å². The lowest BCUT2D eigenvalue weighted by Gasteiger charge is -2.29. The minimum atomic E-state index is -0.393. The van der Waals surface area contributed by atoms with Gasteiger partial charge in [0, 0.05) is 63.5 Å². The van der Waals surface area contributed by atoms with Crippen LogP contribution in [0.25, 0.3) is 0 Å². The zero-order valence-electron chi connectivity index (χ0n) is 36.6. The van der Waals surface area contributed by atoms with E-state index in [1.807, 2.05) is 21.9 Å². The van der Waals surface area contributed by atoms with E-state index in [0.29, 0.717) is 59.8 Å². The molecule has 12 heteroatoms. The number of nitrogens with one attached hydrogen (secondary N) is 2. The summed E-state index contributed by atoms with van der Waals surface area (Å²) in [6, 6.07) is 20.6. The molecule has 4 amide bonds. The zero-order valence-corrected chi connectivity index (χ0v) is 36.6. The summed E-state index contributed by atoms with van der Waals surface area (Å²) >= 11 is 0. The fraction of sp³-hybridized carbons (Fsp3) is 0.522. The summed E-state index contributed by atoms with van der Waals surface area (Å²) in [7, 11) is 0. The highest BCUT2D eigenvalue weighted by molar-refractivity contribution is 6.11. The summed E-state index contributed by atoms with van der Waals surface area (Å²) in [4.78, 5) is 68.2. The van der Waals surface area contributed by atoms with Crippen molar-refractivity contribution in [3.8, 4) is 0 Å². The van der Waals surface area contributed by atoms with Crippen molar-refractivity contribution in [2.75, 3.05) is 115 Å². The number of anilines is 2. The molecule has 0 aliphatic rings. The molecular formula is C46H70N8O4. The molecule has 2 N–H and O–H groups in total. The zero-order chi connectivity index (χ0) is 42.5. The van der Waals surface area contributed by atoms with Crippen LogP contribution in [0.5, 0.6) is 0 Å². The third kappa shape index (κ3) is 14.3. The first-order valence-corrected chi connectivity index (χ1v) is 21.5. The molecule has 58 heavy (non-hydrogen) atoms. The SMILES string of the molecule is CCN(CC)CCN(CCN(CC)CC)C(=O)c1ccccc1NC(=O)c1ccc(C(=O)Nc2ccccc2C(=O)N(CCN(CC)CC)CCN(CC)CC)cc1. The van der Waals surface area contributed by atoms with Crippen LogP contribution >= 0.6 is 0 Å². The van der Waals surface area contributed by atoms with Gasteiger partial charge in [0.1, 0.15) is 0 Å². The molecule has 0 bridgehead atoms. The van der Waals surface area contributed by atoms with Gasteiger partial charge in [-0.3, -0.25) is 19.2 Å². The van der Waals surface area contributed by atoms with Gasteiger partial charge in [0.25, 0.3) is 23.6 Å². The van der Waals surface area contributed by atoms with Crippen LogP contribution in [0.2, 0.25) is 0 Å². The average Bonchev–Trinajstić information content (AvgIpc) is 3.26. The van der Waals surface area contributed by atoms with Gasteiger partial charge in [-0.15, -0.1) is 0 Å². The molecule has 0 aliphatic heterocycles. The molecule has 0 saturated carbocycles. The fourth-order valence-corrected chi connectivity index (χ4v) is 6.90. The van der Waals surface area contributed by atoms with Crippen molar-refractivity contribution in [2.45, 2.75) is 55.4 Å². The number of amides is 4. The van der Waals surface area contributed by atoms with Gasteiger partial charge >= 0.3 is 0 Å². The van der Waals surface area contributed by atoms with E-state index < -0.39 is 11.8 Å². The highest BCUT2D eigenvalue weighted by Gasteiger charge is 2.23. The Morgan fingerprint density at radius 2 is 0.638 bits per heavy atom. The van der Waals surface area contributed by atoms with Crippen molar-refractivity contribution in [2.24, 2.45) is 0 Å². The van der Waals surface area contributed by atoms with Crippen LogP contribution in [-0.4, -0.2) is 158 Å². The van der Waals surface area contributed by atoms with Crippen LogP contribution in [0, 0.1) is 0 Å². The lowest BCUT2D eigenvalue weighted by molar-refractivity contribution is 0.0711. The third-order valence-electron chi connectivity index (χ3n) is 11.1. The summed E-state index contributed by atoms with van der Waals surface area (Å²) in [5.41, 5.74) is 2.40. The summed E-state index contributed by atoms with van der Waals surface area (Å²) in [5.74, 6) is -1.04. The topological polar surface area (TPSA) is 112 Å². The quantitative estimate of drug-likeness (QED) is 0.0956. The Hall–Kier alpha value is -4.62. The van der Waals surface area contributed by atoms with Crippen LogP contribution in [0.15, 0.2) is 72.8 Å². The summed E-state index contributed by atoms with van der Waals surface area (Å²) in [5, 5.41) is 5.90. The number of hydrogen-bond donors (Lipinski definition) is 2. The van der Waals surface area contributed by atoms with Gasteiger partial charge in [-0.05, 0) is 101 Å². The molecular weight excluding hydrogens is 729 g/mol. The molecule has 0 atom stereocenters. The maximum absolute atomic E-state index is 14.1. The molecule has 0 spiro atoms. The molecule has 0 saturated heterocycles. The van der Waals surface area contributed by atoms with E-state index in [4.69, 9.17) is 0 Å². The van der Waals surface area contributed by atoms with Gasteiger partial charge in [-0.25, -0.2) is 0 Å². The monoisotopic (exact) mass is 799 g/mol. The Labute approximate surface area is 348 Å². The number of hydrogen-bond acceptors (Lipinski definition) is 8. The van der Waals surface area contributed by atoms with Gasteiger partial charge in [0.05, 0.1) is 22.5 Å². The van der Waals surface area contributed by atoms with Crippen molar-refractivity contribution >= 4 is 35.0 Å². The molecule has 0 aromatic heterocycles. The number of carbonyl (C=O) groups excluding carboxylic acids is 4. The van der Waals surface area contributed by atoms with Gasteiger partial charge in [0.15, 0.2) is 0 Å². The Kier molecular flexibility index (Phi) is 21.1. The molecule has 0 aliphatic carbocycles. The maximum Gasteiger partial charge on any atom is 0.256 e. The second-order valence-electron chi connectivity index (χ2n) is 14.3. The Morgan fingerprint density at radius 1 is 0.379 bits per heavy atom. The van der Waals surface area contributed by atoms with E-state index in [-0.39, 0.29) is 11.8 Å². The molecule has 3 rings (SSSR count). The van der Waals surface area contributed by atoms with Gasteiger partial charge in [0.2, 0.25) is 0 Å². The van der Waals surface area contributed by atoms with Crippen molar-refractivity contribution in [3.63, 3.8) is 0 Å². The lowest BCUT2D eigenvalue weighted by atomic mass is 10.1. The normalized spacial score (nSPS) is 11.4. The predicted molar refractivity (Wildman–Crippen MR) is 238 cm³/mol. The number of para-hydroxylation sites is 2. The molecule has 0 radical (unpaired) electrons. The largest absolute Gasteiger partial charge is 0.336 e. The standard InChI is InChI=1S/C46H70N8O4/c1-9-49(10-2)29-33-53(34-30-50(11-3)12-4)45(57)39-21-17-19-23-41(39)47-43(55)37-25-27-38(28-26-37)44(56)48-42-24-20-18-22-40(42)46(58)54(35-31-51(13-5)14-6)36-32-52(15-7)16-8/h17-28H,9-16,29-36H2,1-8H3,(H,47,55)(H,48,56). The molecule has 0 fully saturated rings. The van der Waals surface area contributed by atoms with E-state index in [1.165, 1.54) is 0 Å². The van der Waals surface area contributed by atoms with Crippen molar-refractivity contribution in [1.29, 1.82) is 0 Å². The highest BCUT2D eigenvalue weighted by Crippen LogP contribution is 2.21. The van der Waals surface area contributed by atoms with Gasteiger partial charge in [-0.2, -0.15) is 0 Å². The van der Waals surface area contributed by atoms with Crippen molar-refractivity contribution in [3.05, 3.63) is 95.1 Å². The summed E-state index contributed by atoms with van der Waals surface area (Å²) in [6.45, 7) is 29.6. The number of rotatable bonds is 26. The molecule has 3 aromatic carbocycles. The van der Waals surface area contributed by atoms with Crippen molar-refractivity contribution < 1.29 is 19.2 Å². The van der Waals surface area contributed by atoms with Crippen molar-refractivity contribution in [1.82, 2.24) is 29.4 Å². The smallest absolute Gasteiger partial charge is 0.256 e. The predicted octanol–water partition coefficient (Wildman–Crippen LogP) is 6.44. The minimum Gasteiger partial charge on any atom is -0.336 e. The van der Waals surface area contributed by atoms with Crippen LogP contribution in [0.1, 0.15) is 96.8 Å².